The van der Waals surface area contributed by atoms with Crippen molar-refractivity contribution in [3.8, 4) is 0 Å². The maximum absolute atomic E-state index is 13.1. The largest absolute Gasteiger partial charge is 0.307 e. The Hall–Kier alpha value is -0.960. The van der Waals surface area contributed by atoms with Gasteiger partial charge in [0.2, 0.25) is 0 Å². The van der Waals surface area contributed by atoms with E-state index in [1.165, 1.54) is 25.0 Å². The van der Waals surface area contributed by atoms with Crippen molar-refractivity contribution in [2.45, 2.75) is 45.7 Å². The van der Waals surface area contributed by atoms with E-state index in [0.29, 0.717) is 6.04 Å². The summed E-state index contributed by atoms with van der Waals surface area (Å²) >= 11 is 0. The van der Waals surface area contributed by atoms with Crippen molar-refractivity contribution in [3.63, 3.8) is 0 Å². The number of rotatable bonds is 4. The predicted octanol–water partition coefficient (Wildman–Crippen LogP) is 4.05. The Morgan fingerprint density at radius 3 is 2.33 bits per heavy atom. The zero-order valence-electron chi connectivity index (χ0n) is 11.2. The topological polar surface area (TPSA) is 12.0 Å². The fraction of sp³-hybridized carbons (Fsp3) is 0.600. The molecule has 1 N–H and O–H groups in total. The Balaban J connectivity index is 1.89. The van der Waals surface area contributed by atoms with Gasteiger partial charge in [0, 0.05) is 12.1 Å². The number of hydrogen-bond acceptors (Lipinski definition) is 1. The van der Waals surface area contributed by atoms with Gasteiger partial charge in [0.1, 0.15) is 0 Å². The van der Waals surface area contributed by atoms with Crippen molar-refractivity contribution in [1.29, 1.82) is 0 Å². The molecule has 0 aliphatic heterocycles. The lowest BCUT2D eigenvalue weighted by Crippen LogP contribution is -2.44. The van der Waals surface area contributed by atoms with Crippen LogP contribution in [0.15, 0.2) is 18.2 Å². The normalized spacial score (nSPS) is 25.0. The second kappa shape index (κ2) is 5.35. The minimum atomic E-state index is -0.783. The van der Waals surface area contributed by atoms with Crippen LogP contribution in [0.3, 0.4) is 0 Å². The fourth-order valence-corrected chi connectivity index (χ4v) is 2.57. The smallest absolute Gasteiger partial charge is 0.159 e. The summed E-state index contributed by atoms with van der Waals surface area (Å²) in [4.78, 5) is 0. The lowest BCUT2D eigenvalue weighted by atomic mass is 9.73. The number of benzene rings is 1. The number of nitrogens with one attached hydrogen (secondary N) is 1. The summed E-state index contributed by atoms with van der Waals surface area (Å²) in [6.07, 6.45) is 2.37. The molecule has 1 atom stereocenters. The standard InChI is InChI=1S/C15H21F2N/c1-9(2)12-6-13(7-12)18-10(3)11-4-5-14(16)15(17)8-11/h4-5,8-10,12-13,18H,6-7H2,1-3H3. The lowest BCUT2D eigenvalue weighted by Gasteiger charge is -2.40. The third-order valence-corrected chi connectivity index (χ3v) is 4.05. The first-order valence-electron chi connectivity index (χ1n) is 6.68. The molecule has 0 bridgehead atoms. The van der Waals surface area contributed by atoms with Gasteiger partial charge >= 0.3 is 0 Å². The first-order valence-corrected chi connectivity index (χ1v) is 6.68. The van der Waals surface area contributed by atoms with E-state index >= 15 is 0 Å². The quantitative estimate of drug-likeness (QED) is 0.853. The third kappa shape index (κ3) is 2.89. The van der Waals surface area contributed by atoms with Crippen LogP contribution in [0.2, 0.25) is 0 Å². The van der Waals surface area contributed by atoms with Crippen LogP contribution >= 0.6 is 0 Å². The van der Waals surface area contributed by atoms with Gasteiger partial charge in [-0.3, -0.25) is 0 Å². The Kier molecular flexibility index (Phi) is 4.00. The van der Waals surface area contributed by atoms with Crippen molar-refractivity contribution in [3.05, 3.63) is 35.4 Å². The van der Waals surface area contributed by atoms with Gasteiger partial charge in [0.15, 0.2) is 11.6 Å². The first-order chi connectivity index (χ1) is 8.47. The fourth-order valence-electron chi connectivity index (χ4n) is 2.57. The highest BCUT2D eigenvalue weighted by Crippen LogP contribution is 2.34. The maximum atomic E-state index is 13.1. The molecule has 3 heteroatoms. The predicted molar refractivity (Wildman–Crippen MR) is 69.3 cm³/mol. The summed E-state index contributed by atoms with van der Waals surface area (Å²) in [5, 5.41) is 3.48. The molecule has 1 nitrogen and oxygen atoms in total. The van der Waals surface area contributed by atoms with E-state index in [-0.39, 0.29) is 6.04 Å². The van der Waals surface area contributed by atoms with E-state index in [1.807, 2.05) is 6.92 Å². The molecule has 0 heterocycles. The SMILES string of the molecule is CC(NC1CC(C(C)C)C1)c1ccc(F)c(F)c1. The van der Waals surface area contributed by atoms with E-state index in [4.69, 9.17) is 0 Å². The van der Waals surface area contributed by atoms with Crippen molar-refractivity contribution < 1.29 is 8.78 Å². The molecule has 1 saturated carbocycles. The van der Waals surface area contributed by atoms with Crippen LogP contribution in [0.4, 0.5) is 8.78 Å². The summed E-state index contributed by atoms with van der Waals surface area (Å²) in [5.41, 5.74) is 0.807. The molecule has 0 aromatic heterocycles. The van der Waals surface area contributed by atoms with Crippen LogP contribution in [0, 0.1) is 23.5 Å². The summed E-state index contributed by atoms with van der Waals surface area (Å²) in [6.45, 7) is 6.49. The van der Waals surface area contributed by atoms with E-state index in [2.05, 4.69) is 19.2 Å². The zero-order valence-corrected chi connectivity index (χ0v) is 11.2. The summed E-state index contributed by atoms with van der Waals surface area (Å²) in [5.74, 6) is -0.00874. The van der Waals surface area contributed by atoms with Gasteiger partial charge in [-0.2, -0.15) is 0 Å². The second-order valence-electron chi connectivity index (χ2n) is 5.73. The molecule has 1 fully saturated rings. The zero-order chi connectivity index (χ0) is 13.3. The highest BCUT2D eigenvalue weighted by Gasteiger charge is 2.31. The highest BCUT2D eigenvalue weighted by molar-refractivity contribution is 5.21. The lowest BCUT2D eigenvalue weighted by molar-refractivity contribution is 0.159. The molecule has 1 aliphatic rings. The third-order valence-electron chi connectivity index (χ3n) is 4.05. The van der Waals surface area contributed by atoms with Gasteiger partial charge in [-0.05, 0) is 49.3 Å². The molecule has 1 unspecified atom stereocenters. The van der Waals surface area contributed by atoms with E-state index < -0.39 is 11.6 Å². The summed E-state index contributed by atoms with van der Waals surface area (Å²) in [6, 6.07) is 4.71. The molecular weight excluding hydrogens is 232 g/mol. The Morgan fingerprint density at radius 2 is 1.78 bits per heavy atom. The number of halogens is 2. The minimum absolute atomic E-state index is 0.0678. The van der Waals surface area contributed by atoms with Gasteiger partial charge in [0.25, 0.3) is 0 Å². The van der Waals surface area contributed by atoms with Crippen LogP contribution < -0.4 is 5.32 Å². The summed E-state index contributed by atoms with van der Waals surface area (Å²) < 4.78 is 26.0. The Morgan fingerprint density at radius 1 is 1.11 bits per heavy atom. The van der Waals surface area contributed by atoms with Crippen LogP contribution in [0.25, 0.3) is 0 Å². The minimum Gasteiger partial charge on any atom is -0.307 e. The second-order valence-corrected chi connectivity index (χ2v) is 5.73. The average Bonchev–Trinajstić information content (AvgIpc) is 2.25. The molecule has 0 spiro atoms. The molecule has 0 saturated heterocycles. The molecule has 0 radical (unpaired) electrons. The van der Waals surface area contributed by atoms with Crippen molar-refractivity contribution in [2.75, 3.05) is 0 Å². The number of hydrogen-bond donors (Lipinski definition) is 1. The molecule has 0 amide bonds. The summed E-state index contributed by atoms with van der Waals surface area (Å²) in [7, 11) is 0. The molecule has 2 rings (SSSR count). The monoisotopic (exact) mass is 253 g/mol. The molecule has 1 aromatic rings. The van der Waals surface area contributed by atoms with Gasteiger partial charge < -0.3 is 5.32 Å². The van der Waals surface area contributed by atoms with E-state index in [1.54, 1.807) is 6.07 Å². The van der Waals surface area contributed by atoms with Crippen LogP contribution in [-0.4, -0.2) is 6.04 Å². The molecule has 18 heavy (non-hydrogen) atoms. The van der Waals surface area contributed by atoms with Crippen molar-refractivity contribution in [1.82, 2.24) is 5.32 Å². The van der Waals surface area contributed by atoms with Crippen LogP contribution in [0.1, 0.15) is 45.2 Å². The van der Waals surface area contributed by atoms with Crippen molar-refractivity contribution in [2.24, 2.45) is 11.8 Å². The Labute approximate surface area is 108 Å². The average molecular weight is 253 g/mol. The van der Waals surface area contributed by atoms with Crippen molar-refractivity contribution >= 4 is 0 Å². The van der Waals surface area contributed by atoms with Crippen LogP contribution in [0.5, 0.6) is 0 Å². The highest BCUT2D eigenvalue weighted by atomic mass is 19.2. The Bertz CT molecular complexity index is 411. The molecular formula is C15H21F2N. The van der Waals surface area contributed by atoms with Gasteiger partial charge in [-0.25, -0.2) is 8.78 Å². The maximum Gasteiger partial charge on any atom is 0.159 e. The first kappa shape index (κ1) is 13.5. The molecule has 1 aromatic carbocycles. The van der Waals surface area contributed by atoms with E-state index in [9.17, 15) is 8.78 Å². The van der Waals surface area contributed by atoms with Gasteiger partial charge in [-0.1, -0.05) is 19.9 Å². The molecule has 1 aliphatic carbocycles. The van der Waals surface area contributed by atoms with Gasteiger partial charge in [0.05, 0.1) is 0 Å². The molecule has 100 valence electrons. The van der Waals surface area contributed by atoms with Gasteiger partial charge in [-0.15, -0.1) is 0 Å². The van der Waals surface area contributed by atoms with Crippen LogP contribution in [-0.2, 0) is 0 Å². The van der Waals surface area contributed by atoms with E-state index in [0.717, 1.165) is 17.4 Å².